The third-order valence-electron chi connectivity index (χ3n) is 4.87. The number of benzene rings is 1. The van der Waals surface area contributed by atoms with E-state index in [1.807, 2.05) is 59.4 Å². The van der Waals surface area contributed by atoms with Crippen LogP contribution in [0.5, 0.6) is 0 Å². The van der Waals surface area contributed by atoms with Crippen LogP contribution < -0.4 is 9.67 Å². The lowest BCUT2D eigenvalue weighted by atomic mass is 9.93. The van der Waals surface area contributed by atoms with E-state index in [-0.39, 0.29) is 29.5 Å². The Kier molecular flexibility index (Phi) is 4.72. The Balaban J connectivity index is 1.73. The first-order valence-electron chi connectivity index (χ1n) is 8.70. The van der Waals surface area contributed by atoms with Crippen LogP contribution in [0.1, 0.15) is 17.5 Å². The number of fused-ring (bicyclic) bond motifs is 1. The Morgan fingerprint density at radius 1 is 1.19 bits per heavy atom. The van der Waals surface area contributed by atoms with Gasteiger partial charge in [0.25, 0.3) is 0 Å². The van der Waals surface area contributed by atoms with E-state index in [2.05, 4.69) is 0 Å². The zero-order valence-electron chi connectivity index (χ0n) is 14.4. The summed E-state index contributed by atoms with van der Waals surface area (Å²) in [6, 6.07) is 13.4. The molecule has 1 aromatic carbocycles. The molecule has 1 aromatic heterocycles. The number of pyridine rings is 1. The van der Waals surface area contributed by atoms with Crippen molar-refractivity contribution in [1.82, 2.24) is 4.90 Å². The van der Waals surface area contributed by atoms with E-state index in [0.717, 1.165) is 11.1 Å². The van der Waals surface area contributed by atoms with Crippen LogP contribution in [0.4, 0.5) is 0 Å². The molecule has 2 atom stereocenters. The van der Waals surface area contributed by atoms with E-state index in [0.29, 0.717) is 17.9 Å². The molecule has 3 heterocycles. The molecule has 0 aliphatic carbocycles. The minimum Gasteiger partial charge on any atom is -0.543 e. The molecule has 0 unspecified atom stereocenters. The predicted molar refractivity (Wildman–Crippen MR) is 97.5 cm³/mol. The number of amides is 1. The number of thioether (sulfide) groups is 1. The van der Waals surface area contributed by atoms with Gasteiger partial charge in [-0.05, 0) is 12.0 Å². The lowest BCUT2D eigenvalue weighted by Crippen LogP contribution is -2.58. The molecule has 6 nitrogen and oxygen atoms in total. The molecule has 2 aliphatic heterocycles. The van der Waals surface area contributed by atoms with Gasteiger partial charge in [0.2, 0.25) is 5.91 Å². The summed E-state index contributed by atoms with van der Waals surface area (Å²) in [5.41, 5.74) is 1.70. The molecule has 4 rings (SSSR count). The van der Waals surface area contributed by atoms with E-state index >= 15 is 0 Å². The van der Waals surface area contributed by atoms with Crippen molar-refractivity contribution in [2.24, 2.45) is 5.92 Å². The van der Waals surface area contributed by atoms with Gasteiger partial charge in [0.05, 0.1) is 23.0 Å². The van der Waals surface area contributed by atoms with E-state index in [9.17, 15) is 19.8 Å². The third kappa shape index (κ3) is 3.02. The van der Waals surface area contributed by atoms with Crippen molar-refractivity contribution in [3.05, 3.63) is 71.7 Å². The first-order chi connectivity index (χ1) is 13.1. The summed E-state index contributed by atoms with van der Waals surface area (Å²) >= 11 is 1.37. The molecule has 1 N–H and O–H groups in total. The molecule has 27 heavy (non-hydrogen) atoms. The highest BCUT2D eigenvalue weighted by Gasteiger charge is 2.54. The Morgan fingerprint density at radius 2 is 1.93 bits per heavy atom. The van der Waals surface area contributed by atoms with Crippen LogP contribution >= 0.6 is 11.8 Å². The van der Waals surface area contributed by atoms with Crippen molar-refractivity contribution < 1.29 is 24.4 Å². The molecule has 0 spiro atoms. The van der Waals surface area contributed by atoms with Gasteiger partial charge in [-0.2, -0.15) is 0 Å². The van der Waals surface area contributed by atoms with Gasteiger partial charge in [-0.15, -0.1) is 0 Å². The fourth-order valence-electron chi connectivity index (χ4n) is 3.59. The average Bonchev–Trinajstić information content (AvgIpc) is 3.03. The number of carboxylic acids is 1. The SMILES string of the molecule is O=C([O-])C1=C(c2ccccc2C[n+]2ccccc2)S[C@@H]2[C@@H](CCO)C(=O)N12. The highest BCUT2D eigenvalue weighted by molar-refractivity contribution is 8.09. The van der Waals surface area contributed by atoms with Crippen molar-refractivity contribution >= 4 is 28.5 Å². The highest BCUT2D eigenvalue weighted by atomic mass is 32.2. The summed E-state index contributed by atoms with van der Waals surface area (Å²) in [5.74, 6) is -1.97. The van der Waals surface area contributed by atoms with Crippen LogP contribution in [-0.4, -0.2) is 33.9 Å². The lowest BCUT2D eigenvalue weighted by molar-refractivity contribution is -0.688. The number of hydrogen-bond acceptors (Lipinski definition) is 5. The minimum absolute atomic E-state index is 0.0605. The lowest BCUT2D eigenvalue weighted by Gasteiger charge is -2.43. The van der Waals surface area contributed by atoms with Crippen molar-refractivity contribution in [1.29, 1.82) is 0 Å². The van der Waals surface area contributed by atoms with Crippen molar-refractivity contribution in [3.8, 4) is 0 Å². The molecule has 2 aromatic rings. The second-order valence-electron chi connectivity index (χ2n) is 6.51. The maximum Gasteiger partial charge on any atom is 0.234 e. The zero-order chi connectivity index (χ0) is 19.0. The van der Waals surface area contributed by atoms with Crippen LogP contribution in [0.15, 0.2) is 60.6 Å². The molecule has 2 aliphatic rings. The normalized spacial score (nSPS) is 21.2. The predicted octanol–water partition coefficient (Wildman–Crippen LogP) is 0.355. The number of carbonyl (C=O) groups is 2. The molecule has 0 radical (unpaired) electrons. The first-order valence-corrected chi connectivity index (χ1v) is 9.58. The summed E-state index contributed by atoms with van der Waals surface area (Å²) < 4.78 is 2.01. The largest absolute Gasteiger partial charge is 0.543 e. The van der Waals surface area contributed by atoms with Gasteiger partial charge in [0, 0.05) is 29.2 Å². The number of aliphatic hydroxyl groups excluding tert-OH is 1. The van der Waals surface area contributed by atoms with Gasteiger partial charge in [0.15, 0.2) is 18.9 Å². The molecule has 7 heteroatoms. The molecule has 0 saturated carbocycles. The monoisotopic (exact) mass is 382 g/mol. The number of rotatable bonds is 6. The second kappa shape index (κ2) is 7.17. The molecule has 1 saturated heterocycles. The molecular formula is C20H18N2O4S. The van der Waals surface area contributed by atoms with E-state index < -0.39 is 5.97 Å². The number of carboxylic acid groups (broad SMARTS) is 1. The molecule has 138 valence electrons. The topological polar surface area (TPSA) is 84.5 Å². The highest BCUT2D eigenvalue weighted by Crippen LogP contribution is 2.53. The molecule has 1 fully saturated rings. The Hall–Kier alpha value is -2.64. The quantitative estimate of drug-likeness (QED) is 0.576. The minimum atomic E-state index is -1.35. The third-order valence-corrected chi connectivity index (χ3v) is 6.30. The van der Waals surface area contributed by atoms with Crippen LogP contribution in [0.2, 0.25) is 0 Å². The van der Waals surface area contributed by atoms with Crippen LogP contribution in [0.3, 0.4) is 0 Å². The van der Waals surface area contributed by atoms with Crippen molar-refractivity contribution in [2.45, 2.75) is 18.3 Å². The number of β-lactam (4-membered cyclic amide) rings is 1. The summed E-state index contributed by atoms with van der Waals surface area (Å²) in [6.07, 6.45) is 4.23. The van der Waals surface area contributed by atoms with Gasteiger partial charge in [-0.25, -0.2) is 4.57 Å². The first kappa shape index (κ1) is 17.8. The Morgan fingerprint density at radius 3 is 2.63 bits per heavy atom. The summed E-state index contributed by atoms with van der Waals surface area (Å²) in [4.78, 5) is 26.1. The molecule has 0 bridgehead atoms. The smallest absolute Gasteiger partial charge is 0.234 e. The maximum absolute atomic E-state index is 12.4. The summed E-state index contributed by atoms with van der Waals surface area (Å²) in [7, 11) is 0. The fourth-order valence-corrected chi connectivity index (χ4v) is 5.18. The van der Waals surface area contributed by atoms with Crippen molar-refractivity contribution in [2.75, 3.05) is 6.61 Å². The number of aliphatic carboxylic acids is 1. The van der Waals surface area contributed by atoms with Gasteiger partial charge < -0.3 is 15.0 Å². The van der Waals surface area contributed by atoms with Gasteiger partial charge in [-0.1, -0.05) is 42.1 Å². The zero-order valence-corrected chi connectivity index (χ0v) is 15.3. The number of nitrogens with zero attached hydrogens (tertiary/aromatic N) is 2. The van der Waals surface area contributed by atoms with E-state index in [1.54, 1.807) is 0 Å². The summed E-state index contributed by atoms with van der Waals surface area (Å²) in [5, 5.41) is 20.7. The fraction of sp³-hybridized carbons (Fsp3) is 0.250. The summed E-state index contributed by atoms with van der Waals surface area (Å²) in [6.45, 7) is 0.485. The Bertz CT molecular complexity index is 929. The maximum atomic E-state index is 12.4. The average molecular weight is 382 g/mol. The van der Waals surface area contributed by atoms with Gasteiger partial charge in [-0.3, -0.25) is 9.69 Å². The molecule has 1 amide bonds. The van der Waals surface area contributed by atoms with Crippen LogP contribution in [0, 0.1) is 5.92 Å². The van der Waals surface area contributed by atoms with Gasteiger partial charge >= 0.3 is 0 Å². The number of carbonyl (C=O) groups excluding carboxylic acids is 2. The second-order valence-corrected chi connectivity index (χ2v) is 7.63. The van der Waals surface area contributed by atoms with Crippen LogP contribution in [-0.2, 0) is 16.1 Å². The molecular weight excluding hydrogens is 364 g/mol. The number of hydrogen-bond donors (Lipinski definition) is 1. The van der Waals surface area contributed by atoms with Crippen molar-refractivity contribution in [3.63, 3.8) is 0 Å². The van der Waals surface area contributed by atoms with Gasteiger partial charge in [0.1, 0.15) is 0 Å². The van der Waals surface area contributed by atoms with E-state index in [1.165, 1.54) is 16.7 Å². The Labute approximate surface area is 160 Å². The van der Waals surface area contributed by atoms with Crippen LogP contribution in [0.25, 0.3) is 4.91 Å². The number of aromatic nitrogens is 1. The number of aliphatic hydroxyl groups is 1. The standard InChI is InChI=1S/C20H18N2O4S/c23-11-8-15-18(24)22-16(20(25)26)17(27-19(15)22)14-7-3-2-6-13(14)12-21-9-4-1-5-10-21/h1-7,9-10,15,19,23H,8,11-12H2/t15-,19+/m0/s1. The van der Waals surface area contributed by atoms with E-state index in [4.69, 9.17) is 0 Å².